The molecule has 0 bridgehead atoms. The second-order valence-corrected chi connectivity index (χ2v) is 7.24. The van der Waals surface area contributed by atoms with Gasteiger partial charge in [0, 0.05) is 27.9 Å². The number of fused-ring (bicyclic) bond motifs is 3. The first kappa shape index (κ1) is 19.4. The van der Waals surface area contributed by atoms with Crippen LogP contribution in [0, 0.1) is 0 Å². The van der Waals surface area contributed by atoms with Crippen LogP contribution in [0.1, 0.15) is 24.9 Å². The molecule has 140 valence electrons. The van der Waals surface area contributed by atoms with E-state index in [1.54, 1.807) is 7.11 Å². The third kappa shape index (κ3) is 3.23. The number of methoxy groups -OCH3 is 1. The van der Waals surface area contributed by atoms with Crippen molar-refractivity contribution in [2.24, 2.45) is 5.73 Å². The average Bonchev–Trinajstić information content (AvgIpc) is 3.17. The number of rotatable bonds is 4. The zero-order valence-corrected chi connectivity index (χ0v) is 16.7. The molecule has 2 aromatic carbocycles. The van der Waals surface area contributed by atoms with Crippen LogP contribution in [-0.2, 0) is 0 Å². The van der Waals surface area contributed by atoms with E-state index in [1.165, 1.54) is 11.3 Å². The van der Waals surface area contributed by atoms with E-state index in [4.69, 9.17) is 10.5 Å². The summed E-state index contributed by atoms with van der Waals surface area (Å²) in [5.41, 5.74) is 10.0. The Bertz CT molecular complexity index is 1150. The van der Waals surface area contributed by atoms with Crippen molar-refractivity contribution in [3.63, 3.8) is 0 Å². The first-order valence-electron chi connectivity index (χ1n) is 8.60. The maximum absolute atomic E-state index is 12.3. The van der Waals surface area contributed by atoms with Gasteiger partial charge in [0.15, 0.2) is 0 Å². The topological polar surface area (TPSA) is 68.1 Å². The SMILES string of the molecule is CC[C@@H](N)c1ccc(-c2c(OC)ccc3[nH]c(=O)c4sccc4c23)cc1.Cl. The van der Waals surface area contributed by atoms with E-state index < -0.39 is 0 Å². The number of nitrogens with two attached hydrogens (primary N) is 1. The molecule has 27 heavy (non-hydrogen) atoms. The minimum atomic E-state index is -0.0529. The van der Waals surface area contributed by atoms with Gasteiger partial charge in [-0.15, -0.1) is 23.7 Å². The normalized spacial score (nSPS) is 12.1. The molecule has 1 atom stereocenters. The number of pyridine rings is 1. The Morgan fingerprint density at radius 3 is 2.56 bits per heavy atom. The van der Waals surface area contributed by atoms with Crippen LogP contribution in [0.2, 0.25) is 0 Å². The lowest BCUT2D eigenvalue weighted by atomic mass is 9.95. The fourth-order valence-corrected chi connectivity index (χ4v) is 4.21. The number of aromatic amines is 1. The molecule has 4 nitrogen and oxygen atoms in total. The van der Waals surface area contributed by atoms with Gasteiger partial charge < -0.3 is 15.5 Å². The van der Waals surface area contributed by atoms with E-state index in [-0.39, 0.29) is 24.0 Å². The van der Waals surface area contributed by atoms with Gasteiger partial charge in [0.05, 0.1) is 7.11 Å². The van der Waals surface area contributed by atoms with Gasteiger partial charge in [-0.25, -0.2) is 0 Å². The van der Waals surface area contributed by atoms with E-state index in [0.29, 0.717) is 0 Å². The molecule has 2 heterocycles. The van der Waals surface area contributed by atoms with E-state index >= 15 is 0 Å². The molecule has 0 spiro atoms. The fraction of sp³-hybridized carbons (Fsp3) is 0.190. The van der Waals surface area contributed by atoms with Crippen molar-refractivity contribution < 1.29 is 4.74 Å². The quantitative estimate of drug-likeness (QED) is 0.491. The number of aromatic nitrogens is 1. The number of halogens is 1. The molecule has 4 aromatic rings. The van der Waals surface area contributed by atoms with Gasteiger partial charge >= 0.3 is 0 Å². The Kier molecular flexibility index (Phi) is 5.56. The van der Waals surface area contributed by atoms with Crippen molar-refractivity contribution >= 4 is 44.7 Å². The number of nitrogens with one attached hydrogen (secondary N) is 1. The van der Waals surface area contributed by atoms with Crippen molar-refractivity contribution in [1.82, 2.24) is 4.98 Å². The summed E-state index contributed by atoms with van der Waals surface area (Å²) in [6, 6.07) is 14.1. The first-order valence-corrected chi connectivity index (χ1v) is 9.48. The second-order valence-electron chi connectivity index (χ2n) is 6.32. The number of H-pyrrole nitrogens is 1. The van der Waals surface area contributed by atoms with Crippen molar-refractivity contribution in [2.75, 3.05) is 7.11 Å². The maximum Gasteiger partial charge on any atom is 0.266 e. The van der Waals surface area contributed by atoms with Crippen LogP contribution in [0.15, 0.2) is 52.6 Å². The third-order valence-electron chi connectivity index (χ3n) is 4.84. The average molecular weight is 401 g/mol. The van der Waals surface area contributed by atoms with Crippen molar-refractivity contribution in [3.8, 4) is 16.9 Å². The first-order chi connectivity index (χ1) is 12.6. The Morgan fingerprint density at radius 1 is 1.15 bits per heavy atom. The summed E-state index contributed by atoms with van der Waals surface area (Å²) in [5, 5.41) is 3.91. The molecule has 0 radical (unpaired) electrons. The van der Waals surface area contributed by atoms with Crippen LogP contribution in [0.5, 0.6) is 5.75 Å². The molecule has 3 N–H and O–H groups in total. The molecule has 6 heteroatoms. The second kappa shape index (κ2) is 7.72. The zero-order chi connectivity index (χ0) is 18.3. The summed E-state index contributed by atoms with van der Waals surface area (Å²) in [5.74, 6) is 0.782. The molecule has 0 fully saturated rings. The van der Waals surface area contributed by atoms with Gasteiger partial charge in [0.2, 0.25) is 0 Å². The fourth-order valence-electron chi connectivity index (χ4n) is 3.42. The number of ether oxygens (including phenoxy) is 1. The van der Waals surface area contributed by atoms with Crippen molar-refractivity contribution in [2.45, 2.75) is 19.4 Å². The largest absolute Gasteiger partial charge is 0.496 e. The Balaban J connectivity index is 0.00000210. The van der Waals surface area contributed by atoms with E-state index in [1.807, 2.05) is 23.6 Å². The number of thiophene rings is 1. The van der Waals surface area contributed by atoms with Crippen LogP contribution in [-0.4, -0.2) is 12.1 Å². The smallest absolute Gasteiger partial charge is 0.266 e. The number of hydrogen-bond acceptors (Lipinski definition) is 4. The molecule has 0 amide bonds. The van der Waals surface area contributed by atoms with Gasteiger partial charge in [-0.05, 0) is 41.1 Å². The lowest BCUT2D eigenvalue weighted by Crippen LogP contribution is -2.08. The van der Waals surface area contributed by atoms with Crippen molar-refractivity contribution in [3.05, 3.63) is 63.8 Å². The summed E-state index contributed by atoms with van der Waals surface area (Å²) in [6.45, 7) is 2.08. The van der Waals surface area contributed by atoms with E-state index in [2.05, 4.69) is 36.2 Å². The Morgan fingerprint density at radius 2 is 1.89 bits per heavy atom. The molecule has 0 aliphatic carbocycles. The van der Waals surface area contributed by atoms with E-state index in [0.717, 1.165) is 49.8 Å². The van der Waals surface area contributed by atoms with Crippen LogP contribution in [0.4, 0.5) is 0 Å². The number of hydrogen-bond donors (Lipinski definition) is 2. The standard InChI is InChI=1S/C21H20N2O2S.ClH/c1-3-15(22)12-4-6-13(7-5-12)18-17(25-2)9-8-16-19(18)14-10-11-26-20(14)21(24)23-16;/h4-11,15H,3,22H2,1-2H3,(H,23,24);1H/t15-;/m1./s1. The molecule has 2 aromatic heterocycles. The predicted octanol–water partition coefficient (Wildman–Crippen LogP) is 5.25. The minimum absolute atomic E-state index is 0. The molecular formula is C21H21ClN2O2S. The highest BCUT2D eigenvalue weighted by Crippen LogP contribution is 2.40. The van der Waals surface area contributed by atoms with Crippen LogP contribution in [0.3, 0.4) is 0 Å². The highest BCUT2D eigenvalue weighted by Gasteiger charge is 2.16. The molecular weight excluding hydrogens is 380 g/mol. The van der Waals surface area contributed by atoms with Crippen LogP contribution >= 0.6 is 23.7 Å². The Hall–Kier alpha value is -2.34. The van der Waals surface area contributed by atoms with Crippen LogP contribution < -0.4 is 16.0 Å². The van der Waals surface area contributed by atoms with E-state index in [9.17, 15) is 4.79 Å². The molecule has 4 rings (SSSR count). The lowest BCUT2D eigenvalue weighted by Gasteiger charge is -2.15. The lowest BCUT2D eigenvalue weighted by molar-refractivity contribution is 0.417. The molecule has 0 aliphatic rings. The van der Waals surface area contributed by atoms with Crippen LogP contribution in [0.25, 0.3) is 32.1 Å². The minimum Gasteiger partial charge on any atom is -0.496 e. The van der Waals surface area contributed by atoms with Gasteiger partial charge in [0.25, 0.3) is 5.56 Å². The summed E-state index contributed by atoms with van der Waals surface area (Å²) in [6.07, 6.45) is 0.897. The highest BCUT2D eigenvalue weighted by atomic mass is 35.5. The Labute approximate surface area is 167 Å². The van der Waals surface area contributed by atoms with Gasteiger partial charge in [-0.1, -0.05) is 31.2 Å². The maximum atomic E-state index is 12.3. The van der Waals surface area contributed by atoms with Gasteiger partial charge in [0.1, 0.15) is 10.4 Å². The summed E-state index contributed by atoms with van der Waals surface area (Å²) >= 11 is 1.45. The molecule has 0 aliphatic heterocycles. The monoisotopic (exact) mass is 400 g/mol. The van der Waals surface area contributed by atoms with Gasteiger partial charge in [-0.3, -0.25) is 4.79 Å². The highest BCUT2D eigenvalue weighted by molar-refractivity contribution is 7.17. The molecule has 0 saturated carbocycles. The van der Waals surface area contributed by atoms with Gasteiger partial charge in [-0.2, -0.15) is 0 Å². The van der Waals surface area contributed by atoms with Crippen molar-refractivity contribution in [1.29, 1.82) is 0 Å². The zero-order valence-electron chi connectivity index (χ0n) is 15.1. The summed E-state index contributed by atoms with van der Waals surface area (Å²) < 4.78 is 6.38. The number of benzene rings is 2. The summed E-state index contributed by atoms with van der Waals surface area (Å²) in [4.78, 5) is 15.3. The third-order valence-corrected chi connectivity index (χ3v) is 5.76. The molecule has 0 saturated heterocycles. The summed E-state index contributed by atoms with van der Waals surface area (Å²) in [7, 11) is 1.67. The molecule has 0 unspecified atom stereocenters. The predicted molar refractivity (Wildman–Crippen MR) is 116 cm³/mol.